The Balaban J connectivity index is 2.02. The lowest BCUT2D eigenvalue weighted by Gasteiger charge is -2.11. The van der Waals surface area contributed by atoms with Gasteiger partial charge in [0.15, 0.2) is 0 Å². The molecule has 0 aromatic heterocycles. The summed E-state index contributed by atoms with van der Waals surface area (Å²) in [6.45, 7) is 0.574. The van der Waals surface area contributed by atoms with Gasteiger partial charge in [-0.3, -0.25) is 0 Å². The Morgan fingerprint density at radius 1 is 1.10 bits per heavy atom. The molecule has 0 radical (unpaired) electrons. The van der Waals surface area contributed by atoms with Gasteiger partial charge in [-0.05, 0) is 29.8 Å². The molecule has 0 saturated carbocycles. The van der Waals surface area contributed by atoms with E-state index in [1.807, 2.05) is 30.3 Å². The fraction of sp³-hybridized carbons (Fsp3) is 0.200. The van der Waals surface area contributed by atoms with Gasteiger partial charge in [0.2, 0.25) is 0 Å². The molecule has 106 valence electrons. The Bertz CT molecular complexity index is 546. The van der Waals surface area contributed by atoms with E-state index in [9.17, 15) is 8.78 Å². The van der Waals surface area contributed by atoms with Gasteiger partial charge in [-0.1, -0.05) is 36.0 Å². The normalized spacial score (nSPS) is 10.6. The minimum atomic E-state index is -2.42. The third-order valence-electron chi connectivity index (χ3n) is 2.75. The highest BCUT2D eigenvalue weighted by atomic mass is 32.2. The number of ether oxygens (including phenoxy) is 1. The molecule has 0 spiro atoms. The predicted octanol–water partition coefficient (Wildman–Crippen LogP) is 4.62. The van der Waals surface area contributed by atoms with E-state index in [0.29, 0.717) is 28.9 Å². The molecule has 0 fully saturated rings. The monoisotopic (exact) mass is 295 g/mol. The van der Waals surface area contributed by atoms with E-state index in [0.717, 1.165) is 11.3 Å². The summed E-state index contributed by atoms with van der Waals surface area (Å²) in [5.41, 5.74) is 1.77. The van der Waals surface area contributed by atoms with Crippen molar-refractivity contribution in [2.45, 2.75) is 17.2 Å². The zero-order valence-corrected chi connectivity index (χ0v) is 11.8. The van der Waals surface area contributed by atoms with Crippen molar-refractivity contribution in [3.8, 4) is 5.75 Å². The second kappa shape index (κ2) is 7.14. The maximum absolute atomic E-state index is 12.5. The molecule has 0 aliphatic heterocycles. The summed E-state index contributed by atoms with van der Waals surface area (Å²) < 4.78 is 30.0. The molecule has 2 aromatic rings. The molecule has 0 aliphatic rings. The zero-order chi connectivity index (χ0) is 14.4. The second-order valence-electron chi connectivity index (χ2n) is 4.08. The van der Waals surface area contributed by atoms with Crippen molar-refractivity contribution in [1.82, 2.24) is 0 Å². The van der Waals surface area contributed by atoms with Gasteiger partial charge in [-0.25, -0.2) is 0 Å². The Morgan fingerprint density at radius 3 is 2.45 bits per heavy atom. The van der Waals surface area contributed by atoms with Gasteiger partial charge in [0.05, 0.1) is 7.11 Å². The first kappa shape index (κ1) is 14.7. The minimum Gasteiger partial charge on any atom is -0.497 e. The average Bonchev–Trinajstić information content (AvgIpc) is 2.46. The number of hydrogen-bond acceptors (Lipinski definition) is 3. The van der Waals surface area contributed by atoms with E-state index in [4.69, 9.17) is 4.74 Å². The fourth-order valence-electron chi connectivity index (χ4n) is 1.75. The maximum atomic E-state index is 12.5. The standard InChI is InChI=1S/C15H15F2NOS/c1-19-12-8-6-11(7-9-12)10-18-13-4-2-3-5-14(13)20-15(16)17/h2-9,15,18H,10H2,1H3. The summed E-state index contributed by atoms with van der Waals surface area (Å²) in [6, 6.07) is 14.7. The van der Waals surface area contributed by atoms with Gasteiger partial charge >= 0.3 is 0 Å². The van der Waals surface area contributed by atoms with Crippen LogP contribution in [-0.4, -0.2) is 12.9 Å². The number of halogens is 2. The van der Waals surface area contributed by atoms with Gasteiger partial charge in [-0.2, -0.15) is 8.78 Å². The minimum absolute atomic E-state index is 0.550. The van der Waals surface area contributed by atoms with E-state index in [-0.39, 0.29) is 0 Å². The van der Waals surface area contributed by atoms with Crippen LogP contribution in [0.3, 0.4) is 0 Å². The largest absolute Gasteiger partial charge is 0.497 e. The van der Waals surface area contributed by atoms with Crippen LogP contribution < -0.4 is 10.1 Å². The molecule has 0 bridgehead atoms. The van der Waals surface area contributed by atoms with Crippen molar-refractivity contribution >= 4 is 17.4 Å². The number of anilines is 1. The first-order chi connectivity index (χ1) is 9.69. The topological polar surface area (TPSA) is 21.3 Å². The number of rotatable bonds is 6. The van der Waals surface area contributed by atoms with Crippen LogP contribution in [0.1, 0.15) is 5.56 Å². The highest BCUT2D eigenvalue weighted by molar-refractivity contribution is 7.99. The van der Waals surface area contributed by atoms with Crippen LogP contribution in [0.4, 0.5) is 14.5 Å². The van der Waals surface area contributed by atoms with E-state index in [1.165, 1.54) is 0 Å². The van der Waals surface area contributed by atoms with Crippen molar-refractivity contribution in [3.05, 3.63) is 54.1 Å². The highest BCUT2D eigenvalue weighted by Crippen LogP contribution is 2.31. The number of alkyl halides is 2. The highest BCUT2D eigenvalue weighted by Gasteiger charge is 2.09. The molecule has 0 atom stereocenters. The van der Waals surface area contributed by atoms with Crippen LogP contribution in [0.15, 0.2) is 53.4 Å². The molecular formula is C15H15F2NOS. The van der Waals surface area contributed by atoms with Gasteiger partial charge in [-0.15, -0.1) is 0 Å². The second-order valence-corrected chi connectivity index (χ2v) is 5.11. The maximum Gasteiger partial charge on any atom is 0.288 e. The van der Waals surface area contributed by atoms with Gasteiger partial charge in [0.1, 0.15) is 5.75 Å². The van der Waals surface area contributed by atoms with Crippen LogP contribution in [0, 0.1) is 0 Å². The van der Waals surface area contributed by atoms with Crippen LogP contribution in [0.5, 0.6) is 5.75 Å². The van der Waals surface area contributed by atoms with E-state index in [1.54, 1.807) is 25.3 Å². The van der Waals surface area contributed by atoms with Crippen LogP contribution in [0.25, 0.3) is 0 Å². The number of benzene rings is 2. The summed E-state index contributed by atoms with van der Waals surface area (Å²) in [6.07, 6.45) is 0. The molecular weight excluding hydrogens is 280 g/mol. The lowest BCUT2D eigenvalue weighted by Crippen LogP contribution is -2.01. The first-order valence-corrected chi connectivity index (χ1v) is 6.97. The molecule has 0 amide bonds. The number of hydrogen-bond donors (Lipinski definition) is 1. The number of thioether (sulfide) groups is 1. The summed E-state index contributed by atoms with van der Waals surface area (Å²) in [7, 11) is 1.62. The van der Waals surface area contributed by atoms with Crippen molar-refractivity contribution in [2.75, 3.05) is 12.4 Å². The summed E-state index contributed by atoms with van der Waals surface area (Å²) in [4.78, 5) is 0.552. The van der Waals surface area contributed by atoms with Gasteiger partial charge in [0.25, 0.3) is 5.76 Å². The third-order valence-corrected chi connectivity index (χ3v) is 3.53. The molecule has 20 heavy (non-hydrogen) atoms. The summed E-state index contributed by atoms with van der Waals surface area (Å²) in [5.74, 6) is -1.62. The lowest BCUT2D eigenvalue weighted by molar-refractivity contribution is 0.252. The predicted molar refractivity (Wildman–Crippen MR) is 78.6 cm³/mol. The Morgan fingerprint density at radius 2 is 1.80 bits per heavy atom. The molecule has 0 saturated heterocycles. The molecule has 0 aliphatic carbocycles. The Hall–Kier alpha value is -1.75. The Kier molecular flexibility index (Phi) is 5.24. The zero-order valence-electron chi connectivity index (χ0n) is 11.0. The average molecular weight is 295 g/mol. The number of methoxy groups -OCH3 is 1. The summed E-state index contributed by atoms with van der Waals surface area (Å²) in [5, 5.41) is 3.18. The molecule has 2 aromatic carbocycles. The molecule has 2 nitrogen and oxygen atoms in total. The lowest BCUT2D eigenvalue weighted by atomic mass is 10.2. The van der Waals surface area contributed by atoms with E-state index < -0.39 is 5.76 Å². The van der Waals surface area contributed by atoms with Crippen LogP contribution in [-0.2, 0) is 6.54 Å². The summed E-state index contributed by atoms with van der Waals surface area (Å²) >= 11 is 0.550. The van der Waals surface area contributed by atoms with Crippen molar-refractivity contribution in [2.24, 2.45) is 0 Å². The van der Waals surface area contributed by atoms with Crippen molar-refractivity contribution in [1.29, 1.82) is 0 Å². The molecule has 5 heteroatoms. The van der Waals surface area contributed by atoms with Gasteiger partial charge < -0.3 is 10.1 Å². The number of para-hydroxylation sites is 1. The third kappa shape index (κ3) is 4.13. The van der Waals surface area contributed by atoms with Crippen LogP contribution >= 0.6 is 11.8 Å². The molecule has 0 heterocycles. The molecule has 1 N–H and O–H groups in total. The van der Waals surface area contributed by atoms with Crippen molar-refractivity contribution < 1.29 is 13.5 Å². The first-order valence-electron chi connectivity index (χ1n) is 6.09. The SMILES string of the molecule is COc1ccc(CNc2ccccc2SC(F)F)cc1. The quantitative estimate of drug-likeness (QED) is 0.786. The number of nitrogens with one attached hydrogen (secondary N) is 1. The van der Waals surface area contributed by atoms with Crippen LogP contribution in [0.2, 0.25) is 0 Å². The fourth-order valence-corrected chi connectivity index (χ4v) is 2.37. The smallest absolute Gasteiger partial charge is 0.288 e. The van der Waals surface area contributed by atoms with Gasteiger partial charge in [0, 0.05) is 17.1 Å². The van der Waals surface area contributed by atoms with E-state index in [2.05, 4.69) is 5.32 Å². The molecule has 2 rings (SSSR count). The van der Waals surface area contributed by atoms with E-state index >= 15 is 0 Å². The van der Waals surface area contributed by atoms with Crippen molar-refractivity contribution in [3.63, 3.8) is 0 Å². The molecule has 0 unspecified atom stereocenters. The Labute approximate surface area is 121 Å².